The van der Waals surface area contributed by atoms with E-state index in [1.807, 2.05) is 47.5 Å². The molecule has 170 valence electrons. The highest BCUT2D eigenvalue weighted by atomic mass is 32.2. The van der Waals surface area contributed by atoms with E-state index in [0.717, 1.165) is 36.8 Å². The maximum absolute atomic E-state index is 13.1. The third-order valence-corrected chi connectivity index (χ3v) is 7.12. The Labute approximate surface area is 192 Å². The number of rotatable bonds is 9. The predicted molar refractivity (Wildman–Crippen MR) is 124 cm³/mol. The zero-order valence-electron chi connectivity index (χ0n) is 18.4. The Hall–Kier alpha value is -2.61. The Balaban J connectivity index is 1.40. The summed E-state index contributed by atoms with van der Waals surface area (Å²) in [5.41, 5.74) is 2.09. The van der Waals surface area contributed by atoms with Crippen molar-refractivity contribution >= 4 is 29.5 Å². The molecule has 7 nitrogen and oxygen atoms in total. The summed E-state index contributed by atoms with van der Waals surface area (Å²) >= 11 is 1.62. The van der Waals surface area contributed by atoms with E-state index in [1.165, 1.54) is 4.90 Å². The van der Waals surface area contributed by atoms with Gasteiger partial charge in [-0.15, -0.1) is 0 Å². The average molecular weight is 455 g/mol. The number of carbonyl (C=O) groups is 3. The van der Waals surface area contributed by atoms with Crippen LogP contribution in [0.4, 0.5) is 0 Å². The molecule has 4 rings (SSSR count). The number of benzene rings is 1. The van der Waals surface area contributed by atoms with Crippen LogP contribution in [-0.2, 0) is 27.5 Å². The van der Waals surface area contributed by atoms with Gasteiger partial charge in [-0.05, 0) is 48.5 Å². The minimum absolute atomic E-state index is 0.149. The fourth-order valence-corrected chi connectivity index (χ4v) is 5.21. The van der Waals surface area contributed by atoms with Gasteiger partial charge in [0.15, 0.2) is 0 Å². The average Bonchev–Trinajstić information content (AvgIpc) is 3.41. The van der Waals surface area contributed by atoms with E-state index >= 15 is 0 Å². The maximum Gasteiger partial charge on any atom is 0.243 e. The summed E-state index contributed by atoms with van der Waals surface area (Å²) in [6.07, 6.45) is 9.58. The third-order valence-electron chi connectivity index (χ3n) is 6.48. The molecule has 3 atom stereocenters. The van der Waals surface area contributed by atoms with Crippen molar-refractivity contribution in [2.45, 2.75) is 51.2 Å². The normalized spacial score (nSPS) is 21.5. The molecule has 8 heteroatoms. The molecule has 0 spiro atoms. The Morgan fingerprint density at radius 1 is 1.12 bits per heavy atom. The number of fused-ring (bicyclic) bond motifs is 1. The van der Waals surface area contributed by atoms with Crippen LogP contribution < -0.4 is 5.32 Å². The summed E-state index contributed by atoms with van der Waals surface area (Å²) in [7, 11) is 0. The lowest BCUT2D eigenvalue weighted by Crippen LogP contribution is -2.50. The number of nitrogens with one attached hydrogen (secondary N) is 1. The van der Waals surface area contributed by atoms with Gasteiger partial charge in [0.25, 0.3) is 0 Å². The molecule has 3 amide bonds. The molecule has 0 unspecified atom stereocenters. The van der Waals surface area contributed by atoms with Crippen LogP contribution in [-0.4, -0.2) is 50.5 Å². The Morgan fingerprint density at radius 2 is 1.78 bits per heavy atom. The molecular weight excluding hydrogens is 424 g/mol. The number of hydrogen-bond donors (Lipinski definition) is 1. The summed E-state index contributed by atoms with van der Waals surface area (Å²) in [4.78, 5) is 40.4. The summed E-state index contributed by atoms with van der Waals surface area (Å²) < 4.78 is 1.86. The fraction of sp³-hybridized carbons (Fsp3) is 0.500. The second-order valence-corrected chi connectivity index (χ2v) is 9.56. The van der Waals surface area contributed by atoms with E-state index in [4.69, 9.17) is 0 Å². The van der Waals surface area contributed by atoms with Crippen LogP contribution in [0.25, 0.3) is 0 Å². The molecule has 1 saturated carbocycles. The standard InChI is InChI=1S/C24H30N4O3S/c1-32-14-11-21(28-23(30)19-5-2-3-6-20(19)24(28)31)22(29)25-15-17-7-9-18(10-8-17)16-27-13-4-12-26-27/h4,7-10,12-13,19-21H,2-3,5-6,11,14-16H2,1H3,(H,25,29)/t19-,20-,21-/m1/s1. The van der Waals surface area contributed by atoms with E-state index in [9.17, 15) is 14.4 Å². The number of amides is 3. The number of hydrogen-bond acceptors (Lipinski definition) is 5. The third kappa shape index (κ3) is 4.90. The lowest BCUT2D eigenvalue weighted by Gasteiger charge is -2.26. The van der Waals surface area contributed by atoms with Crippen LogP contribution in [0.1, 0.15) is 43.2 Å². The predicted octanol–water partition coefficient (Wildman–Crippen LogP) is 2.84. The first-order valence-corrected chi connectivity index (χ1v) is 12.7. The lowest BCUT2D eigenvalue weighted by atomic mass is 9.81. The molecule has 0 bridgehead atoms. The zero-order chi connectivity index (χ0) is 22.5. The van der Waals surface area contributed by atoms with E-state index in [-0.39, 0.29) is 29.6 Å². The van der Waals surface area contributed by atoms with E-state index < -0.39 is 6.04 Å². The minimum atomic E-state index is -0.730. The van der Waals surface area contributed by atoms with E-state index in [1.54, 1.807) is 18.0 Å². The van der Waals surface area contributed by atoms with Crippen molar-refractivity contribution in [1.82, 2.24) is 20.0 Å². The Morgan fingerprint density at radius 3 is 2.38 bits per heavy atom. The molecule has 1 aromatic carbocycles. The lowest BCUT2D eigenvalue weighted by molar-refractivity contribution is -0.148. The van der Waals surface area contributed by atoms with Crippen molar-refractivity contribution in [1.29, 1.82) is 0 Å². The number of nitrogens with zero attached hydrogens (tertiary/aromatic N) is 3. The highest BCUT2D eigenvalue weighted by Gasteiger charge is 2.51. The van der Waals surface area contributed by atoms with Crippen molar-refractivity contribution in [2.24, 2.45) is 11.8 Å². The van der Waals surface area contributed by atoms with Crippen LogP contribution in [0.5, 0.6) is 0 Å². The topological polar surface area (TPSA) is 84.3 Å². The second kappa shape index (κ2) is 10.3. The molecule has 32 heavy (non-hydrogen) atoms. The summed E-state index contributed by atoms with van der Waals surface area (Å²) in [6, 6.07) is 9.17. The van der Waals surface area contributed by atoms with Gasteiger partial charge in [0.1, 0.15) is 6.04 Å². The van der Waals surface area contributed by atoms with Crippen molar-refractivity contribution in [3.8, 4) is 0 Å². The van der Waals surface area contributed by atoms with Crippen molar-refractivity contribution in [3.63, 3.8) is 0 Å². The number of imide groups is 1. The van der Waals surface area contributed by atoms with Crippen molar-refractivity contribution in [3.05, 3.63) is 53.9 Å². The van der Waals surface area contributed by atoms with Gasteiger partial charge in [-0.25, -0.2) is 0 Å². The smallest absolute Gasteiger partial charge is 0.243 e. The van der Waals surface area contributed by atoms with Crippen LogP contribution in [0, 0.1) is 11.8 Å². The number of carbonyl (C=O) groups excluding carboxylic acids is 3. The number of aromatic nitrogens is 2. The largest absolute Gasteiger partial charge is 0.350 e. The molecule has 1 aliphatic heterocycles. The fourth-order valence-electron chi connectivity index (χ4n) is 4.75. The van der Waals surface area contributed by atoms with E-state index in [2.05, 4.69) is 10.4 Å². The van der Waals surface area contributed by atoms with Crippen LogP contribution in [0.2, 0.25) is 0 Å². The van der Waals surface area contributed by atoms with Crippen LogP contribution in [0.3, 0.4) is 0 Å². The van der Waals surface area contributed by atoms with Gasteiger partial charge in [0, 0.05) is 18.9 Å². The molecule has 1 aromatic heterocycles. The molecular formula is C24H30N4O3S. The van der Waals surface area contributed by atoms with Crippen LogP contribution >= 0.6 is 11.8 Å². The first-order valence-electron chi connectivity index (χ1n) is 11.3. The van der Waals surface area contributed by atoms with Gasteiger partial charge in [-0.1, -0.05) is 37.1 Å². The van der Waals surface area contributed by atoms with Crippen molar-refractivity contribution < 1.29 is 14.4 Å². The van der Waals surface area contributed by atoms with Gasteiger partial charge in [-0.3, -0.25) is 24.0 Å². The molecule has 2 aromatic rings. The summed E-state index contributed by atoms with van der Waals surface area (Å²) in [5.74, 6) is -0.300. The summed E-state index contributed by atoms with van der Waals surface area (Å²) in [5, 5.41) is 7.17. The quantitative estimate of drug-likeness (QED) is 0.589. The van der Waals surface area contributed by atoms with Gasteiger partial charge in [0.05, 0.1) is 18.4 Å². The van der Waals surface area contributed by atoms with Crippen LogP contribution in [0.15, 0.2) is 42.7 Å². The highest BCUT2D eigenvalue weighted by molar-refractivity contribution is 7.98. The van der Waals surface area contributed by atoms with Gasteiger partial charge >= 0.3 is 0 Å². The molecule has 2 fully saturated rings. The second-order valence-electron chi connectivity index (χ2n) is 8.58. The van der Waals surface area contributed by atoms with Gasteiger partial charge < -0.3 is 5.32 Å². The van der Waals surface area contributed by atoms with Gasteiger partial charge in [-0.2, -0.15) is 16.9 Å². The first-order chi connectivity index (χ1) is 15.6. The SMILES string of the molecule is CSCC[C@H](C(=O)NCc1ccc(Cn2cccn2)cc1)N1C(=O)[C@@H]2CCCC[C@H]2C1=O. The molecule has 1 N–H and O–H groups in total. The molecule has 0 radical (unpaired) electrons. The van der Waals surface area contributed by atoms with E-state index in [0.29, 0.717) is 25.3 Å². The Kier molecular flexibility index (Phi) is 7.29. The minimum Gasteiger partial charge on any atom is -0.350 e. The molecule has 2 heterocycles. The highest BCUT2D eigenvalue weighted by Crippen LogP contribution is 2.39. The first kappa shape index (κ1) is 22.6. The number of thioether (sulfide) groups is 1. The summed E-state index contributed by atoms with van der Waals surface area (Å²) in [6.45, 7) is 1.05. The van der Waals surface area contributed by atoms with Gasteiger partial charge in [0.2, 0.25) is 17.7 Å². The maximum atomic E-state index is 13.1. The monoisotopic (exact) mass is 454 g/mol. The number of likely N-dealkylation sites (tertiary alicyclic amines) is 1. The zero-order valence-corrected chi connectivity index (χ0v) is 19.2. The molecule has 1 aliphatic carbocycles. The Bertz CT molecular complexity index is 921. The molecule has 1 saturated heterocycles. The molecule has 2 aliphatic rings. The van der Waals surface area contributed by atoms with Crippen molar-refractivity contribution in [2.75, 3.05) is 12.0 Å².